The first-order chi connectivity index (χ1) is 10.1. The third kappa shape index (κ3) is 3.01. The first-order valence-corrected chi connectivity index (χ1v) is 7.02. The fourth-order valence-corrected chi connectivity index (χ4v) is 2.75. The normalized spacial score (nSPS) is 18.7. The average Bonchev–Trinajstić information content (AvgIpc) is 2.46. The van der Waals surface area contributed by atoms with Crippen molar-refractivity contribution in [1.82, 2.24) is 19.9 Å². The van der Waals surface area contributed by atoms with Gasteiger partial charge in [0, 0.05) is 36.8 Å². The van der Waals surface area contributed by atoms with Crippen molar-refractivity contribution >= 4 is 11.8 Å². The fraction of sp³-hybridized carbons (Fsp3) is 0.429. The molecule has 0 saturated carbocycles. The summed E-state index contributed by atoms with van der Waals surface area (Å²) in [5, 5.41) is 0. The summed E-state index contributed by atoms with van der Waals surface area (Å²) in [6.07, 6.45) is 3.61. The SMILES string of the molecule is Cc1cc(N2CCC[C@H](c3cc(=O)[nH]c(N)n3)C2)ncn1. The average molecular weight is 286 g/mol. The van der Waals surface area contributed by atoms with Crippen molar-refractivity contribution < 1.29 is 0 Å². The van der Waals surface area contributed by atoms with E-state index in [1.807, 2.05) is 13.0 Å². The second-order valence-corrected chi connectivity index (χ2v) is 5.36. The maximum absolute atomic E-state index is 11.5. The smallest absolute Gasteiger partial charge is 0.252 e. The Morgan fingerprint density at radius 3 is 3.00 bits per heavy atom. The first kappa shape index (κ1) is 13.5. The summed E-state index contributed by atoms with van der Waals surface area (Å²) in [6, 6.07) is 3.51. The molecule has 1 saturated heterocycles. The number of H-pyrrole nitrogens is 1. The predicted octanol–water partition coefficient (Wildman–Crippen LogP) is 0.835. The van der Waals surface area contributed by atoms with Gasteiger partial charge in [0.1, 0.15) is 12.1 Å². The summed E-state index contributed by atoms with van der Waals surface area (Å²) in [5.41, 5.74) is 7.13. The summed E-state index contributed by atoms with van der Waals surface area (Å²) < 4.78 is 0. The highest BCUT2D eigenvalue weighted by Gasteiger charge is 2.24. The van der Waals surface area contributed by atoms with Gasteiger partial charge in [0.05, 0.1) is 5.69 Å². The van der Waals surface area contributed by atoms with Crippen molar-refractivity contribution in [2.24, 2.45) is 0 Å². The Bertz CT molecular complexity index is 698. The van der Waals surface area contributed by atoms with Crippen LogP contribution in [0.15, 0.2) is 23.3 Å². The van der Waals surface area contributed by atoms with E-state index < -0.39 is 0 Å². The highest BCUT2D eigenvalue weighted by atomic mass is 16.1. The van der Waals surface area contributed by atoms with Crippen LogP contribution in [0.25, 0.3) is 0 Å². The van der Waals surface area contributed by atoms with Crippen LogP contribution in [0.4, 0.5) is 11.8 Å². The number of anilines is 2. The van der Waals surface area contributed by atoms with Gasteiger partial charge in [-0.2, -0.15) is 0 Å². The molecule has 1 atom stereocenters. The van der Waals surface area contributed by atoms with Crippen LogP contribution in [0.1, 0.15) is 30.1 Å². The van der Waals surface area contributed by atoms with Gasteiger partial charge in [-0.05, 0) is 19.8 Å². The van der Waals surface area contributed by atoms with Crippen molar-refractivity contribution in [3.8, 4) is 0 Å². The van der Waals surface area contributed by atoms with Crippen molar-refractivity contribution in [2.75, 3.05) is 23.7 Å². The van der Waals surface area contributed by atoms with Crippen LogP contribution < -0.4 is 16.2 Å². The number of nitrogens with zero attached hydrogens (tertiary/aromatic N) is 4. The van der Waals surface area contributed by atoms with E-state index in [0.717, 1.165) is 43.1 Å². The summed E-state index contributed by atoms with van der Waals surface area (Å²) >= 11 is 0. The standard InChI is InChI=1S/C14H18N6O/c1-9-5-12(17-8-16-9)20-4-2-3-10(7-20)11-6-13(21)19-14(15)18-11/h5-6,8,10H,2-4,7H2,1H3,(H3,15,18,19,21)/t10-/m0/s1. The molecule has 3 N–H and O–H groups in total. The molecule has 0 radical (unpaired) electrons. The molecule has 0 spiro atoms. The Morgan fingerprint density at radius 2 is 2.24 bits per heavy atom. The maximum atomic E-state index is 11.5. The van der Waals surface area contributed by atoms with E-state index >= 15 is 0 Å². The lowest BCUT2D eigenvalue weighted by Gasteiger charge is -2.33. The number of hydrogen-bond donors (Lipinski definition) is 2. The van der Waals surface area contributed by atoms with Gasteiger partial charge in [-0.25, -0.2) is 15.0 Å². The van der Waals surface area contributed by atoms with E-state index in [-0.39, 0.29) is 17.4 Å². The van der Waals surface area contributed by atoms with Crippen LogP contribution in [0.5, 0.6) is 0 Å². The van der Waals surface area contributed by atoms with E-state index in [4.69, 9.17) is 5.73 Å². The van der Waals surface area contributed by atoms with E-state index in [2.05, 4.69) is 24.8 Å². The zero-order chi connectivity index (χ0) is 14.8. The van der Waals surface area contributed by atoms with Gasteiger partial charge in [0.15, 0.2) is 0 Å². The molecule has 1 fully saturated rings. The number of aromatic amines is 1. The molecular formula is C14H18N6O. The van der Waals surface area contributed by atoms with E-state index in [0.29, 0.717) is 0 Å². The largest absolute Gasteiger partial charge is 0.369 e. The Kier molecular flexibility index (Phi) is 3.55. The van der Waals surface area contributed by atoms with Gasteiger partial charge in [0.25, 0.3) is 5.56 Å². The van der Waals surface area contributed by atoms with Crippen LogP contribution in [-0.2, 0) is 0 Å². The van der Waals surface area contributed by atoms with Crippen molar-refractivity contribution in [3.05, 3.63) is 40.2 Å². The number of rotatable bonds is 2. The molecule has 0 aromatic carbocycles. The monoisotopic (exact) mass is 286 g/mol. The molecule has 1 aliphatic rings. The summed E-state index contributed by atoms with van der Waals surface area (Å²) in [6.45, 7) is 3.68. The number of aryl methyl sites for hydroxylation is 1. The number of nitrogens with one attached hydrogen (secondary N) is 1. The van der Waals surface area contributed by atoms with Crippen LogP contribution >= 0.6 is 0 Å². The number of piperidine rings is 1. The van der Waals surface area contributed by atoms with E-state index in [1.54, 1.807) is 6.33 Å². The van der Waals surface area contributed by atoms with Crippen LogP contribution in [0, 0.1) is 6.92 Å². The van der Waals surface area contributed by atoms with Gasteiger partial charge >= 0.3 is 0 Å². The van der Waals surface area contributed by atoms with Crippen molar-refractivity contribution in [2.45, 2.75) is 25.7 Å². The lowest BCUT2D eigenvalue weighted by Crippen LogP contribution is -2.35. The molecule has 110 valence electrons. The third-order valence-corrected chi connectivity index (χ3v) is 3.73. The van der Waals surface area contributed by atoms with Crippen molar-refractivity contribution in [1.29, 1.82) is 0 Å². The molecule has 2 aromatic rings. The van der Waals surface area contributed by atoms with Gasteiger partial charge < -0.3 is 10.6 Å². The molecule has 7 nitrogen and oxygen atoms in total. The van der Waals surface area contributed by atoms with E-state index in [9.17, 15) is 4.79 Å². The third-order valence-electron chi connectivity index (χ3n) is 3.73. The van der Waals surface area contributed by atoms with E-state index in [1.165, 1.54) is 6.07 Å². The Hall–Kier alpha value is -2.44. The van der Waals surface area contributed by atoms with Crippen LogP contribution in [0.3, 0.4) is 0 Å². The first-order valence-electron chi connectivity index (χ1n) is 7.02. The molecule has 0 amide bonds. The molecule has 0 unspecified atom stereocenters. The van der Waals surface area contributed by atoms with Crippen LogP contribution in [0.2, 0.25) is 0 Å². The second-order valence-electron chi connectivity index (χ2n) is 5.36. The number of hydrogen-bond acceptors (Lipinski definition) is 6. The second kappa shape index (κ2) is 5.51. The van der Waals surface area contributed by atoms with Crippen LogP contribution in [-0.4, -0.2) is 33.0 Å². The minimum absolute atomic E-state index is 0.174. The lowest BCUT2D eigenvalue weighted by atomic mass is 9.94. The lowest BCUT2D eigenvalue weighted by molar-refractivity contribution is 0.497. The topological polar surface area (TPSA) is 101 Å². The summed E-state index contributed by atoms with van der Waals surface area (Å²) in [7, 11) is 0. The highest BCUT2D eigenvalue weighted by Crippen LogP contribution is 2.27. The minimum Gasteiger partial charge on any atom is -0.369 e. The molecule has 0 aliphatic carbocycles. The fourth-order valence-electron chi connectivity index (χ4n) is 2.75. The zero-order valence-electron chi connectivity index (χ0n) is 11.9. The minimum atomic E-state index is -0.201. The molecule has 0 bridgehead atoms. The Labute approximate surface area is 122 Å². The maximum Gasteiger partial charge on any atom is 0.252 e. The number of nitrogen functional groups attached to an aromatic ring is 1. The molecule has 1 aliphatic heterocycles. The quantitative estimate of drug-likeness (QED) is 0.848. The Morgan fingerprint density at radius 1 is 1.38 bits per heavy atom. The molecule has 3 heterocycles. The summed E-state index contributed by atoms with van der Waals surface area (Å²) in [5.74, 6) is 1.29. The van der Waals surface area contributed by atoms with Gasteiger partial charge in [-0.1, -0.05) is 0 Å². The van der Waals surface area contributed by atoms with Gasteiger partial charge in [-0.15, -0.1) is 0 Å². The number of aromatic nitrogens is 4. The zero-order valence-corrected chi connectivity index (χ0v) is 11.9. The molecular weight excluding hydrogens is 268 g/mol. The molecule has 7 heteroatoms. The Balaban J connectivity index is 1.84. The molecule has 21 heavy (non-hydrogen) atoms. The predicted molar refractivity (Wildman–Crippen MR) is 80.2 cm³/mol. The molecule has 3 rings (SSSR count). The number of nitrogens with two attached hydrogens (primary N) is 1. The summed E-state index contributed by atoms with van der Waals surface area (Å²) in [4.78, 5) is 28.9. The van der Waals surface area contributed by atoms with Gasteiger partial charge in [-0.3, -0.25) is 9.78 Å². The highest BCUT2D eigenvalue weighted by molar-refractivity contribution is 5.40. The van der Waals surface area contributed by atoms with Crippen molar-refractivity contribution in [3.63, 3.8) is 0 Å². The van der Waals surface area contributed by atoms with Gasteiger partial charge in [0.2, 0.25) is 5.95 Å². The molecule has 2 aromatic heterocycles.